The van der Waals surface area contributed by atoms with Gasteiger partial charge in [0.1, 0.15) is 17.8 Å². The molecule has 2 heterocycles. The van der Waals surface area contributed by atoms with E-state index in [1.807, 2.05) is 26.0 Å². The number of morpholine rings is 1. The summed E-state index contributed by atoms with van der Waals surface area (Å²) in [5.41, 5.74) is 8.46. The lowest BCUT2D eigenvalue weighted by atomic mass is 10.1. The first-order valence-electron chi connectivity index (χ1n) is 8.63. The maximum atomic E-state index is 6.20. The highest BCUT2D eigenvalue weighted by molar-refractivity contribution is 6.32. The average molecular weight is 378 g/mol. The van der Waals surface area contributed by atoms with Crippen molar-refractivity contribution < 1.29 is 9.47 Å². The molecule has 1 aromatic carbocycles. The summed E-state index contributed by atoms with van der Waals surface area (Å²) in [7, 11) is 0. The van der Waals surface area contributed by atoms with Crippen molar-refractivity contribution in [3.8, 4) is 11.6 Å². The highest BCUT2D eigenvalue weighted by Gasteiger charge is 2.13. The zero-order valence-corrected chi connectivity index (χ0v) is 15.8. The third-order valence-electron chi connectivity index (χ3n) is 4.30. The fourth-order valence-electron chi connectivity index (χ4n) is 2.84. The van der Waals surface area contributed by atoms with Crippen LogP contribution < -0.4 is 15.8 Å². The average Bonchev–Trinajstić information content (AvgIpc) is 2.63. The van der Waals surface area contributed by atoms with Crippen molar-refractivity contribution >= 4 is 23.1 Å². The third kappa shape index (κ3) is 4.55. The lowest BCUT2D eigenvalue weighted by molar-refractivity contribution is 0.0398. The van der Waals surface area contributed by atoms with Crippen molar-refractivity contribution in [3.05, 3.63) is 34.6 Å². The van der Waals surface area contributed by atoms with Crippen LogP contribution in [0.3, 0.4) is 0 Å². The summed E-state index contributed by atoms with van der Waals surface area (Å²) in [4.78, 5) is 10.7. The van der Waals surface area contributed by atoms with Crippen LogP contribution in [-0.2, 0) is 4.74 Å². The van der Waals surface area contributed by atoms with E-state index in [9.17, 15) is 0 Å². The van der Waals surface area contributed by atoms with E-state index in [4.69, 9.17) is 26.8 Å². The number of hydrogen-bond acceptors (Lipinski definition) is 7. The van der Waals surface area contributed by atoms with Crippen LogP contribution in [0.1, 0.15) is 11.1 Å². The number of aryl methyl sites for hydroxylation is 2. The smallest absolute Gasteiger partial charge is 0.248 e. The summed E-state index contributed by atoms with van der Waals surface area (Å²) < 4.78 is 11.2. The summed E-state index contributed by atoms with van der Waals surface area (Å²) in [6, 6.07) is 3.73. The molecule has 0 bridgehead atoms. The van der Waals surface area contributed by atoms with E-state index in [0.717, 1.165) is 55.5 Å². The fourth-order valence-corrected chi connectivity index (χ4v) is 2.94. The second-order valence-electron chi connectivity index (χ2n) is 6.30. The highest BCUT2D eigenvalue weighted by Crippen LogP contribution is 2.32. The van der Waals surface area contributed by atoms with Crippen LogP contribution in [0.2, 0.25) is 5.02 Å². The monoisotopic (exact) mass is 377 g/mol. The number of benzene rings is 1. The Labute approximate surface area is 158 Å². The molecule has 1 aromatic heterocycles. The minimum absolute atomic E-state index is 0.329. The molecule has 0 atom stereocenters. The minimum atomic E-state index is 0.329. The standard InChI is InChI=1S/C18H24ClN5O2/c1-12-9-14(10-13(2)15(12)19)26-18-16(20)17(22-11-23-18)21-3-4-24-5-7-25-8-6-24/h9-11H,3-8,20H2,1-2H3,(H,21,22,23). The number of hydrogen-bond donors (Lipinski definition) is 2. The molecule has 8 heteroatoms. The van der Waals surface area contributed by atoms with Crippen molar-refractivity contribution in [2.75, 3.05) is 50.4 Å². The fraction of sp³-hybridized carbons (Fsp3) is 0.444. The van der Waals surface area contributed by atoms with Gasteiger partial charge < -0.3 is 20.5 Å². The molecule has 3 N–H and O–H groups in total. The number of nitrogens with two attached hydrogens (primary N) is 1. The van der Waals surface area contributed by atoms with Crippen LogP contribution in [0, 0.1) is 13.8 Å². The summed E-state index contributed by atoms with van der Waals surface area (Å²) in [6.07, 6.45) is 1.44. The van der Waals surface area contributed by atoms with E-state index >= 15 is 0 Å². The van der Waals surface area contributed by atoms with Crippen LogP contribution in [0.4, 0.5) is 11.5 Å². The second kappa shape index (κ2) is 8.53. The number of rotatable bonds is 6. The summed E-state index contributed by atoms with van der Waals surface area (Å²) in [5, 5.41) is 3.99. The van der Waals surface area contributed by atoms with Gasteiger partial charge in [0, 0.05) is 31.2 Å². The number of ether oxygens (including phenoxy) is 2. The topological polar surface area (TPSA) is 85.5 Å². The van der Waals surface area contributed by atoms with Gasteiger partial charge in [-0.3, -0.25) is 4.90 Å². The van der Waals surface area contributed by atoms with Gasteiger partial charge in [-0.05, 0) is 37.1 Å². The Bertz CT molecular complexity index is 742. The molecule has 0 spiro atoms. The van der Waals surface area contributed by atoms with Crippen LogP contribution >= 0.6 is 11.6 Å². The Kier molecular flexibility index (Phi) is 6.13. The van der Waals surface area contributed by atoms with Crippen LogP contribution in [-0.4, -0.2) is 54.3 Å². The number of anilines is 2. The molecular formula is C18H24ClN5O2. The molecule has 1 saturated heterocycles. The number of nitrogen functional groups attached to an aromatic ring is 1. The Morgan fingerprint density at radius 2 is 1.92 bits per heavy atom. The number of nitrogens with one attached hydrogen (secondary N) is 1. The first kappa shape index (κ1) is 18.7. The Morgan fingerprint density at radius 3 is 2.62 bits per heavy atom. The van der Waals surface area contributed by atoms with Gasteiger partial charge in [-0.2, -0.15) is 4.98 Å². The van der Waals surface area contributed by atoms with E-state index in [-0.39, 0.29) is 0 Å². The Morgan fingerprint density at radius 1 is 1.23 bits per heavy atom. The maximum absolute atomic E-state index is 6.20. The zero-order chi connectivity index (χ0) is 18.5. The first-order valence-corrected chi connectivity index (χ1v) is 9.01. The third-order valence-corrected chi connectivity index (χ3v) is 4.89. The minimum Gasteiger partial charge on any atom is -0.437 e. The van der Waals surface area contributed by atoms with E-state index < -0.39 is 0 Å². The molecule has 0 saturated carbocycles. The van der Waals surface area contributed by atoms with Crippen LogP contribution in [0.5, 0.6) is 11.6 Å². The molecule has 7 nitrogen and oxygen atoms in total. The number of halogens is 1. The molecule has 1 fully saturated rings. The van der Waals surface area contributed by atoms with Crippen molar-refractivity contribution in [1.82, 2.24) is 14.9 Å². The Balaban J connectivity index is 1.65. The predicted molar refractivity (Wildman–Crippen MR) is 103 cm³/mol. The molecule has 0 amide bonds. The lowest BCUT2D eigenvalue weighted by Crippen LogP contribution is -2.39. The van der Waals surface area contributed by atoms with Gasteiger partial charge in [-0.15, -0.1) is 0 Å². The molecule has 0 radical (unpaired) electrons. The lowest BCUT2D eigenvalue weighted by Gasteiger charge is -2.26. The quantitative estimate of drug-likeness (QED) is 0.800. The highest BCUT2D eigenvalue weighted by atomic mass is 35.5. The van der Waals surface area contributed by atoms with Gasteiger partial charge in [0.15, 0.2) is 5.82 Å². The van der Waals surface area contributed by atoms with Crippen LogP contribution in [0.25, 0.3) is 0 Å². The molecule has 1 aliphatic rings. The molecular weight excluding hydrogens is 354 g/mol. The number of aromatic nitrogens is 2. The molecule has 2 aromatic rings. The normalized spacial score (nSPS) is 15.0. The SMILES string of the molecule is Cc1cc(Oc2ncnc(NCCN3CCOCC3)c2N)cc(C)c1Cl. The van der Waals surface area contributed by atoms with Crippen LogP contribution in [0.15, 0.2) is 18.5 Å². The van der Waals surface area contributed by atoms with Gasteiger partial charge in [0.25, 0.3) is 0 Å². The summed E-state index contributed by atoms with van der Waals surface area (Å²) in [6.45, 7) is 8.98. The number of nitrogens with zero attached hydrogens (tertiary/aromatic N) is 3. The van der Waals surface area contributed by atoms with Gasteiger partial charge in [0.2, 0.25) is 5.88 Å². The van der Waals surface area contributed by atoms with Gasteiger partial charge in [-0.1, -0.05) is 11.6 Å². The summed E-state index contributed by atoms with van der Waals surface area (Å²) >= 11 is 6.20. The van der Waals surface area contributed by atoms with Crippen molar-refractivity contribution in [1.29, 1.82) is 0 Å². The second-order valence-corrected chi connectivity index (χ2v) is 6.67. The summed E-state index contributed by atoms with van der Waals surface area (Å²) in [5.74, 6) is 1.55. The first-order chi connectivity index (χ1) is 12.5. The molecule has 140 valence electrons. The Hall–Kier alpha value is -2.09. The molecule has 0 aliphatic carbocycles. The molecule has 3 rings (SSSR count). The maximum Gasteiger partial charge on any atom is 0.248 e. The largest absolute Gasteiger partial charge is 0.437 e. The van der Waals surface area contributed by atoms with E-state index in [0.29, 0.717) is 23.1 Å². The van der Waals surface area contributed by atoms with E-state index in [2.05, 4.69) is 20.2 Å². The van der Waals surface area contributed by atoms with Crippen molar-refractivity contribution in [3.63, 3.8) is 0 Å². The molecule has 0 unspecified atom stereocenters. The van der Waals surface area contributed by atoms with Crippen molar-refractivity contribution in [2.45, 2.75) is 13.8 Å². The van der Waals surface area contributed by atoms with E-state index in [1.165, 1.54) is 6.33 Å². The van der Waals surface area contributed by atoms with Gasteiger partial charge >= 0.3 is 0 Å². The predicted octanol–water partition coefficient (Wildman–Crippen LogP) is 2.87. The molecule has 26 heavy (non-hydrogen) atoms. The van der Waals surface area contributed by atoms with Crippen molar-refractivity contribution in [2.24, 2.45) is 0 Å². The van der Waals surface area contributed by atoms with E-state index in [1.54, 1.807) is 0 Å². The zero-order valence-electron chi connectivity index (χ0n) is 15.1. The van der Waals surface area contributed by atoms with Gasteiger partial charge in [-0.25, -0.2) is 4.98 Å². The van der Waals surface area contributed by atoms with Gasteiger partial charge in [0.05, 0.1) is 13.2 Å². The molecule has 1 aliphatic heterocycles.